The summed E-state index contributed by atoms with van der Waals surface area (Å²) in [6, 6.07) is 66.1. The summed E-state index contributed by atoms with van der Waals surface area (Å²) >= 11 is 0. The van der Waals surface area contributed by atoms with E-state index in [0.29, 0.717) is 0 Å². The second kappa shape index (κ2) is 12.2. The zero-order valence-corrected chi connectivity index (χ0v) is 26.7. The van der Waals surface area contributed by atoms with Crippen LogP contribution in [0.15, 0.2) is 188 Å². The quantitative estimate of drug-likeness (QED) is 0.172. The number of anilines is 3. The van der Waals surface area contributed by atoms with Crippen molar-refractivity contribution in [2.75, 3.05) is 4.90 Å². The maximum atomic E-state index is 5.40. The van der Waals surface area contributed by atoms with E-state index in [1.165, 1.54) is 10.8 Å². The predicted octanol–water partition coefficient (Wildman–Crippen LogP) is 12.4. The second-order valence-corrected chi connectivity index (χ2v) is 12.2. The number of rotatable bonds is 6. The van der Waals surface area contributed by atoms with E-state index in [9.17, 15) is 0 Å². The minimum Gasteiger partial charge on any atom is -0.310 e. The Morgan fingerprint density at radius 2 is 0.857 bits per heavy atom. The van der Waals surface area contributed by atoms with Gasteiger partial charge in [-0.25, -0.2) is 9.97 Å². The van der Waals surface area contributed by atoms with E-state index in [4.69, 9.17) is 9.97 Å². The van der Waals surface area contributed by atoms with Crippen molar-refractivity contribution in [1.82, 2.24) is 9.97 Å². The molecular weight excluding hydrogens is 595 g/mol. The molecule has 1 heterocycles. The monoisotopic (exact) mass is 625 g/mol. The highest BCUT2D eigenvalue weighted by Crippen LogP contribution is 2.39. The highest BCUT2D eigenvalue weighted by Gasteiger charge is 2.17. The Hall–Kier alpha value is -6.58. The van der Waals surface area contributed by atoms with Crippen molar-refractivity contribution >= 4 is 49.6 Å². The van der Waals surface area contributed by atoms with Gasteiger partial charge in [0, 0.05) is 33.6 Å². The van der Waals surface area contributed by atoms with Crippen LogP contribution in [0.4, 0.5) is 17.1 Å². The first-order chi connectivity index (χ1) is 24.3. The molecule has 0 saturated heterocycles. The third-order valence-electron chi connectivity index (χ3n) is 9.19. The lowest BCUT2D eigenvalue weighted by atomic mass is 9.96. The van der Waals surface area contributed by atoms with Gasteiger partial charge in [-0.1, -0.05) is 140 Å². The Balaban J connectivity index is 1.20. The fourth-order valence-electron chi connectivity index (χ4n) is 6.87. The van der Waals surface area contributed by atoms with Crippen LogP contribution in [0.5, 0.6) is 0 Å². The maximum absolute atomic E-state index is 5.40. The smallest absolute Gasteiger partial charge is 0.0979 e. The van der Waals surface area contributed by atoms with Crippen molar-refractivity contribution < 1.29 is 0 Å². The Bertz CT molecular complexity index is 2540. The molecule has 0 N–H and O–H groups in total. The van der Waals surface area contributed by atoms with Crippen LogP contribution < -0.4 is 4.90 Å². The summed E-state index contributed by atoms with van der Waals surface area (Å²) in [6.07, 6.45) is 0. The zero-order valence-electron chi connectivity index (χ0n) is 26.7. The highest BCUT2D eigenvalue weighted by atomic mass is 15.1. The maximum Gasteiger partial charge on any atom is 0.0979 e. The van der Waals surface area contributed by atoms with E-state index in [-0.39, 0.29) is 0 Å². The van der Waals surface area contributed by atoms with E-state index in [1.807, 2.05) is 12.1 Å². The van der Waals surface area contributed by atoms with Gasteiger partial charge >= 0.3 is 0 Å². The van der Waals surface area contributed by atoms with E-state index < -0.39 is 0 Å². The SMILES string of the molecule is c1ccc(-c2nc3ccc4ccc5cc(-c6cccc(N(c7ccccc7)c7ccccc7)c6)ccc5c4c3nc2-c2ccccc2)cc1. The summed E-state index contributed by atoms with van der Waals surface area (Å²) in [5.74, 6) is 0. The van der Waals surface area contributed by atoms with Gasteiger partial charge in [0.15, 0.2) is 0 Å². The zero-order chi connectivity index (χ0) is 32.6. The molecule has 230 valence electrons. The molecule has 0 radical (unpaired) electrons. The second-order valence-electron chi connectivity index (χ2n) is 12.2. The molecular formula is C46H31N3. The highest BCUT2D eigenvalue weighted by molar-refractivity contribution is 6.19. The van der Waals surface area contributed by atoms with Gasteiger partial charge in [0.25, 0.3) is 0 Å². The Kier molecular flexibility index (Phi) is 7.14. The minimum absolute atomic E-state index is 0.886. The summed E-state index contributed by atoms with van der Waals surface area (Å²) in [7, 11) is 0. The molecule has 0 aliphatic rings. The Morgan fingerprint density at radius 3 is 1.51 bits per heavy atom. The van der Waals surface area contributed by atoms with E-state index in [0.717, 1.165) is 72.5 Å². The molecule has 9 rings (SSSR count). The van der Waals surface area contributed by atoms with Crippen LogP contribution in [-0.4, -0.2) is 9.97 Å². The fraction of sp³-hybridized carbons (Fsp3) is 0. The first kappa shape index (κ1) is 28.6. The topological polar surface area (TPSA) is 29.0 Å². The standard InChI is InChI=1S/C46H31N3/c1-5-14-33(15-6-1)44-45(34-16-7-2-8-17-34)48-46-42(47-44)29-27-32-24-25-37-30-36(26-28-41(37)43(32)46)35-18-13-23-40(31-35)49(38-19-9-3-10-20-38)39-21-11-4-12-22-39/h1-31H. The average molecular weight is 626 g/mol. The number of hydrogen-bond donors (Lipinski definition) is 0. The van der Waals surface area contributed by atoms with Crippen molar-refractivity contribution in [1.29, 1.82) is 0 Å². The Morgan fingerprint density at radius 1 is 0.347 bits per heavy atom. The van der Waals surface area contributed by atoms with Crippen LogP contribution in [0.25, 0.3) is 66.2 Å². The molecule has 0 aliphatic carbocycles. The van der Waals surface area contributed by atoms with Crippen LogP contribution in [0.2, 0.25) is 0 Å². The summed E-state index contributed by atoms with van der Waals surface area (Å²) in [6.45, 7) is 0. The van der Waals surface area contributed by atoms with Crippen molar-refractivity contribution in [2.45, 2.75) is 0 Å². The lowest BCUT2D eigenvalue weighted by molar-refractivity contribution is 1.28. The van der Waals surface area contributed by atoms with Crippen LogP contribution in [0, 0.1) is 0 Å². The average Bonchev–Trinajstić information content (AvgIpc) is 3.18. The van der Waals surface area contributed by atoms with Crippen molar-refractivity contribution in [2.24, 2.45) is 0 Å². The number of aromatic nitrogens is 2. The van der Waals surface area contributed by atoms with Crippen LogP contribution in [0.1, 0.15) is 0 Å². The molecule has 0 fully saturated rings. The van der Waals surface area contributed by atoms with Gasteiger partial charge in [0.05, 0.1) is 22.4 Å². The molecule has 0 saturated carbocycles. The third kappa shape index (κ3) is 5.28. The molecule has 0 aliphatic heterocycles. The number of para-hydroxylation sites is 2. The van der Waals surface area contributed by atoms with Crippen molar-refractivity contribution in [3.63, 3.8) is 0 Å². The summed E-state index contributed by atoms with van der Waals surface area (Å²) < 4.78 is 0. The van der Waals surface area contributed by atoms with Gasteiger partial charge in [0.1, 0.15) is 0 Å². The first-order valence-corrected chi connectivity index (χ1v) is 16.6. The predicted molar refractivity (Wildman–Crippen MR) is 206 cm³/mol. The number of nitrogens with zero attached hydrogens (tertiary/aromatic N) is 3. The molecule has 8 aromatic carbocycles. The van der Waals surface area contributed by atoms with Gasteiger partial charge in [-0.15, -0.1) is 0 Å². The molecule has 1 aromatic heterocycles. The van der Waals surface area contributed by atoms with Gasteiger partial charge < -0.3 is 4.90 Å². The van der Waals surface area contributed by atoms with Gasteiger partial charge in [0.2, 0.25) is 0 Å². The third-order valence-corrected chi connectivity index (χ3v) is 9.19. The molecule has 0 atom stereocenters. The molecule has 49 heavy (non-hydrogen) atoms. The van der Waals surface area contributed by atoms with E-state index in [2.05, 4.69) is 181 Å². The van der Waals surface area contributed by atoms with E-state index in [1.54, 1.807) is 0 Å². The molecule has 0 amide bonds. The fourth-order valence-corrected chi connectivity index (χ4v) is 6.87. The lowest BCUT2D eigenvalue weighted by Crippen LogP contribution is -2.09. The summed E-state index contributed by atoms with van der Waals surface area (Å²) in [4.78, 5) is 13.0. The molecule has 0 bridgehead atoms. The molecule has 3 nitrogen and oxygen atoms in total. The summed E-state index contributed by atoms with van der Waals surface area (Å²) in [5, 5.41) is 4.61. The molecule has 0 spiro atoms. The van der Waals surface area contributed by atoms with Crippen LogP contribution >= 0.6 is 0 Å². The largest absolute Gasteiger partial charge is 0.310 e. The molecule has 0 unspecified atom stereocenters. The number of benzene rings is 8. The first-order valence-electron chi connectivity index (χ1n) is 16.6. The van der Waals surface area contributed by atoms with Crippen molar-refractivity contribution in [3.05, 3.63) is 188 Å². The summed E-state index contributed by atoms with van der Waals surface area (Å²) in [5.41, 5.74) is 11.4. The van der Waals surface area contributed by atoms with E-state index >= 15 is 0 Å². The van der Waals surface area contributed by atoms with Crippen LogP contribution in [-0.2, 0) is 0 Å². The van der Waals surface area contributed by atoms with Gasteiger partial charge in [-0.2, -0.15) is 0 Å². The van der Waals surface area contributed by atoms with Gasteiger partial charge in [-0.3, -0.25) is 0 Å². The molecule has 9 aromatic rings. The Labute approximate surface area is 285 Å². The molecule has 3 heteroatoms. The normalized spacial score (nSPS) is 11.3. The lowest BCUT2D eigenvalue weighted by Gasteiger charge is -2.26. The number of hydrogen-bond acceptors (Lipinski definition) is 3. The van der Waals surface area contributed by atoms with Gasteiger partial charge in [-0.05, 0) is 75.8 Å². The minimum atomic E-state index is 0.886. The van der Waals surface area contributed by atoms with Crippen LogP contribution in [0.3, 0.4) is 0 Å². The van der Waals surface area contributed by atoms with Crippen molar-refractivity contribution in [3.8, 4) is 33.6 Å². The number of fused-ring (bicyclic) bond motifs is 5.